The molecule has 1 aliphatic rings. The third-order valence-electron chi connectivity index (χ3n) is 5.43. The Kier molecular flexibility index (Phi) is 6.06. The SMILES string of the molecule is CCN1CC[C@H]([C@H](OC)c2cc(C(C)(C)C)c(O)c(C(C)(C)C)c2)S1(=O)=O. The van der Waals surface area contributed by atoms with Crippen LogP contribution in [0.15, 0.2) is 12.1 Å². The normalized spacial score (nSPS) is 22.1. The molecule has 1 saturated heterocycles. The number of rotatable bonds is 4. The molecule has 1 fully saturated rings. The lowest BCUT2D eigenvalue weighted by Gasteiger charge is -2.31. The predicted molar refractivity (Wildman–Crippen MR) is 110 cm³/mol. The molecule has 1 aromatic rings. The Morgan fingerprint density at radius 1 is 1.15 bits per heavy atom. The standard InChI is InChI=1S/C21H35NO4S/c1-9-22-11-10-17(27(22,24)25)19(26-8)14-12-15(20(2,3)4)18(23)16(13-14)21(5,6)7/h12-13,17,19,23H,9-11H2,1-8H3/t17-,19-/m1/s1. The summed E-state index contributed by atoms with van der Waals surface area (Å²) < 4.78 is 33.1. The summed E-state index contributed by atoms with van der Waals surface area (Å²) >= 11 is 0. The fourth-order valence-corrected chi connectivity index (χ4v) is 5.94. The summed E-state index contributed by atoms with van der Waals surface area (Å²) in [7, 11) is -1.83. The van der Waals surface area contributed by atoms with E-state index in [0.29, 0.717) is 19.5 Å². The highest BCUT2D eigenvalue weighted by molar-refractivity contribution is 7.90. The Morgan fingerprint density at radius 2 is 1.63 bits per heavy atom. The molecule has 1 N–H and O–H groups in total. The van der Waals surface area contributed by atoms with E-state index < -0.39 is 21.4 Å². The zero-order valence-corrected chi connectivity index (χ0v) is 18.8. The molecule has 1 aromatic carbocycles. The first-order chi connectivity index (χ1) is 12.2. The van der Waals surface area contributed by atoms with E-state index in [0.717, 1.165) is 16.7 Å². The van der Waals surface area contributed by atoms with Crippen molar-refractivity contribution < 1.29 is 18.3 Å². The number of methoxy groups -OCH3 is 1. The monoisotopic (exact) mass is 397 g/mol. The van der Waals surface area contributed by atoms with Gasteiger partial charge >= 0.3 is 0 Å². The number of hydrogen-bond acceptors (Lipinski definition) is 4. The van der Waals surface area contributed by atoms with Gasteiger partial charge < -0.3 is 9.84 Å². The van der Waals surface area contributed by atoms with Crippen molar-refractivity contribution in [3.05, 3.63) is 28.8 Å². The van der Waals surface area contributed by atoms with E-state index in [2.05, 4.69) is 0 Å². The fraction of sp³-hybridized carbons (Fsp3) is 0.714. The Balaban J connectivity index is 2.66. The van der Waals surface area contributed by atoms with E-state index in [-0.39, 0.29) is 16.6 Å². The summed E-state index contributed by atoms with van der Waals surface area (Å²) in [5, 5.41) is 10.3. The van der Waals surface area contributed by atoms with Crippen LogP contribution in [0.4, 0.5) is 0 Å². The zero-order valence-electron chi connectivity index (χ0n) is 18.0. The second-order valence-corrected chi connectivity index (χ2v) is 11.6. The van der Waals surface area contributed by atoms with Crippen LogP contribution in [0.3, 0.4) is 0 Å². The first-order valence-electron chi connectivity index (χ1n) is 9.64. The van der Waals surface area contributed by atoms with Crippen molar-refractivity contribution in [1.82, 2.24) is 4.31 Å². The van der Waals surface area contributed by atoms with Gasteiger partial charge in [-0.3, -0.25) is 0 Å². The number of hydrogen-bond donors (Lipinski definition) is 1. The van der Waals surface area contributed by atoms with Crippen LogP contribution in [0.5, 0.6) is 5.75 Å². The van der Waals surface area contributed by atoms with E-state index in [1.54, 1.807) is 7.11 Å². The highest BCUT2D eigenvalue weighted by Crippen LogP contribution is 2.43. The van der Waals surface area contributed by atoms with Gasteiger partial charge in [0.15, 0.2) is 0 Å². The molecule has 0 radical (unpaired) electrons. The maximum Gasteiger partial charge on any atom is 0.219 e. The molecule has 27 heavy (non-hydrogen) atoms. The molecule has 5 nitrogen and oxygen atoms in total. The molecule has 0 amide bonds. The van der Waals surface area contributed by atoms with Gasteiger partial charge in [0.1, 0.15) is 17.1 Å². The number of nitrogens with zero attached hydrogens (tertiary/aromatic N) is 1. The van der Waals surface area contributed by atoms with Gasteiger partial charge in [-0.2, -0.15) is 0 Å². The maximum atomic E-state index is 12.9. The largest absolute Gasteiger partial charge is 0.507 e. The molecule has 0 unspecified atom stereocenters. The minimum atomic E-state index is -3.40. The van der Waals surface area contributed by atoms with Crippen molar-refractivity contribution in [2.75, 3.05) is 20.2 Å². The van der Waals surface area contributed by atoms with Gasteiger partial charge in [0.25, 0.3) is 0 Å². The average molecular weight is 398 g/mol. The molecule has 1 heterocycles. The van der Waals surface area contributed by atoms with Crippen molar-refractivity contribution in [2.24, 2.45) is 0 Å². The highest BCUT2D eigenvalue weighted by atomic mass is 32.2. The molecular weight excluding hydrogens is 362 g/mol. The molecule has 0 aromatic heterocycles. The summed E-state index contributed by atoms with van der Waals surface area (Å²) in [5.41, 5.74) is 1.89. The lowest BCUT2D eigenvalue weighted by Crippen LogP contribution is -2.33. The Hall–Kier alpha value is -1.11. The second kappa shape index (κ2) is 7.37. The number of ether oxygens (including phenoxy) is 1. The molecular formula is C21H35NO4S. The number of aromatic hydroxyl groups is 1. The quantitative estimate of drug-likeness (QED) is 0.831. The molecule has 0 spiro atoms. The lowest BCUT2D eigenvalue weighted by atomic mass is 9.77. The van der Waals surface area contributed by atoms with E-state index in [1.165, 1.54) is 4.31 Å². The van der Waals surface area contributed by atoms with Crippen LogP contribution in [-0.4, -0.2) is 43.3 Å². The molecule has 2 rings (SSSR count). The Labute approximate surface area is 164 Å². The van der Waals surface area contributed by atoms with Crippen molar-refractivity contribution in [1.29, 1.82) is 0 Å². The first kappa shape index (κ1) is 22.2. The van der Waals surface area contributed by atoms with Crippen LogP contribution >= 0.6 is 0 Å². The van der Waals surface area contributed by atoms with Crippen molar-refractivity contribution in [2.45, 2.75) is 77.1 Å². The summed E-state index contributed by atoms with van der Waals surface area (Å²) in [6.45, 7) is 15.1. The number of phenolic OH excluding ortho intramolecular Hbond substituents is 1. The van der Waals surface area contributed by atoms with Crippen LogP contribution in [0.2, 0.25) is 0 Å². The molecule has 0 aliphatic carbocycles. The maximum absolute atomic E-state index is 12.9. The average Bonchev–Trinajstić information content (AvgIpc) is 2.81. The molecule has 2 atom stereocenters. The van der Waals surface area contributed by atoms with Crippen LogP contribution in [0.25, 0.3) is 0 Å². The third kappa shape index (κ3) is 4.17. The van der Waals surface area contributed by atoms with E-state index >= 15 is 0 Å². The summed E-state index contributed by atoms with van der Waals surface area (Å²) in [6, 6.07) is 3.84. The molecule has 0 saturated carbocycles. The summed E-state index contributed by atoms with van der Waals surface area (Å²) in [5.74, 6) is 0.290. The van der Waals surface area contributed by atoms with Gasteiger partial charge in [-0.15, -0.1) is 0 Å². The lowest BCUT2D eigenvalue weighted by molar-refractivity contribution is 0.0985. The van der Waals surface area contributed by atoms with Gasteiger partial charge in [0.2, 0.25) is 10.0 Å². The van der Waals surface area contributed by atoms with Gasteiger partial charge in [-0.25, -0.2) is 12.7 Å². The number of benzene rings is 1. The van der Waals surface area contributed by atoms with Crippen LogP contribution in [0, 0.1) is 0 Å². The molecule has 154 valence electrons. The van der Waals surface area contributed by atoms with Crippen LogP contribution < -0.4 is 0 Å². The smallest absolute Gasteiger partial charge is 0.219 e. The Morgan fingerprint density at radius 3 is 1.96 bits per heavy atom. The first-order valence-corrected chi connectivity index (χ1v) is 11.1. The van der Waals surface area contributed by atoms with Gasteiger partial charge in [0, 0.05) is 20.2 Å². The number of phenols is 1. The van der Waals surface area contributed by atoms with Crippen molar-refractivity contribution in [3.8, 4) is 5.75 Å². The molecule has 1 aliphatic heterocycles. The van der Waals surface area contributed by atoms with Gasteiger partial charge in [-0.05, 0) is 46.1 Å². The second-order valence-electron chi connectivity index (χ2n) is 9.48. The molecule has 6 heteroatoms. The summed E-state index contributed by atoms with van der Waals surface area (Å²) in [4.78, 5) is 0. The third-order valence-corrected chi connectivity index (χ3v) is 7.84. The topological polar surface area (TPSA) is 66.8 Å². The van der Waals surface area contributed by atoms with Crippen LogP contribution in [-0.2, 0) is 25.6 Å². The van der Waals surface area contributed by atoms with Crippen LogP contribution in [0.1, 0.15) is 77.7 Å². The minimum absolute atomic E-state index is 0.275. The summed E-state index contributed by atoms with van der Waals surface area (Å²) in [6.07, 6.45) is -0.0139. The number of sulfonamides is 1. The predicted octanol–water partition coefficient (Wildman–Crippen LogP) is 4.10. The zero-order chi connectivity index (χ0) is 20.8. The Bertz CT molecular complexity index is 752. The van der Waals surface area contributed by atoms with E-state index in [9.17, 15) is 13.5 Å². The fourth-order valence-electron chi connectivity index (χ4n) is 3.85. The highest BCUT2D eigenvalue weighted by Gasteiger charge is 2.44. The van der Waals surface area contributed by atoms with E-state index in [4.69, 9.17) is 4.74 Å². The van der Waals surface area contributed by atoms with Gasteiger partial charge in [-0.1, -0.05) is 48.5 Å². The van der Waals surface area contributed by atoms with Crippen molar-refractivity contribution >= 4 is 10.0 Å². The molecule has 0 bridgehead atoms. The van der Waals surface area contributed by atoms with Crippen molar-refractivity contribution in [3.63, 3.8) is 0 Å². The van der Waals surface area contributed by atoms with E-state index in [1.807, 2.05) is 60.6 Å². The van der Waals surface area contributed by atoms with Gasteiger partial charge in [0.05, 0.1) is 0 Å². The minimum Gasteiger partial charge on any atom is -0.507 e.